The number of anilines is 1. The second-order valence-electron chi connectivity index (χ2n) is 11.9. The second-order valence-corrected chi connectivity index (χ2v) is 11.9. The molecular formula is C34H47Cl2N3O. The van der Waals surface area contributed by atoms with Gasteiger partial charge in [0.25, 0.3) is 0 Å². The van der Waals surface area contributed by atoms with Gasteiger partial charge < -0.3 is 15.8 Å². The van der Waals surface area contributed by atoms with E-state index in [0.29, 0.717) is 5.92 Å². The number of likely N-dealkylation sites (tertiary alicyclic amines) is 1. The Balaban J connectivity index is 0.00000220. The Labute approximate surface area is 253 Å². The lowest BCUT2D eigenvalue weighted by atomic mass is 9.88. The Hall–Kier alpha value is -2.24. The molecule has 5 rings (SSSR count). The van der Waals surface area contributed by atoms with Crippen LogP contribution in [0.3, 0.4) is 0 Å². The van der Waals surface area contributed by atoms with Crippen LogP contribution in [0.2, 0.25) is 0 Å². The minimum atomic E-state index is -0.174. The lowest BCUT2D eigenvalue weighted by Gasteiger charge is -2.37. The normalized spacial score (nSPS) is 19.0. The van der Waals surface area contributed by atoms with E-state index in [4.69, 9.17) is 10.5 Å². The number of piperidine rings is 1. The molecule has 0 aliphatic carbocycles. The number of nitrogens with two attached hydrogens (primary N) is 1. The van der Waals surface area contributed by atoms with Crippen molar-refractivity contribution in [2.24, 2.45) is 5.92 Å². The maximum absolute atomic E-state index is 6.64. The molecule has 0 saturated carbocycles. The van der Waals surface area contributed by atoms with Crippen molar-refractivity contribution in [3.05, 3.63) is 94.0 Å². The van der Waals surface area contributed by atoms with Crippen molar-refractivity contribution in [2.75, 3.05) is 38.5 Å². The number of halogens is 2. The molecule has 2 aliphatic rings. The number of nitrogen functional groups attached to an aromatic ring is 1. The third-order valence-corrected chi connectivity index (χ3v) is 9.05. The summed E-state index contributed by atoms with van der Waals surface area (Å²) < 4.78 is 6.64. The molecule has 4 nitrogen and oxygen atoms in total. The molecule has 3 aromatic carbocycles. The number of hydrogen-bond donors (Lipinski definition) is 2. The summed E-state index contributed by atoms with van der Waals surface area (Å²) in [6, 6.07) is 21.9. The zero-order chi connectivity index (χ0) is 26.7. The van der Waals surface area contributed by atoms with Gasteiger partial charge in [-0.05, 0) is 107 Å². The van der Waals surface area contributed by atoms with Gasteiger partial charge in [-0.3, -0.25) is 4.90 Å². The number of hydrogen-bond acceptors (Lipinski definition) is 4. The van der Waals surface area contributed by atoms with Crippen LogP contribution in [0.15, 0.2) is 60.7 Å². The van der Waals surface area contributed by atoms with Crippen LogP contribution >= 0.6 is 24.8 Å². The summed E-state index contributed by atoms with van der Waals surface area (Å²) in [5.41, 5.74) is 14.9. The highest BCUT2D eigenvalue weighted by Gasteiger charge is 2.39. The van der Waals surface area contributed by atoms with Gasteiger partial charge in [0.1, 0.15) is 11.4 Å². The van der Waals surface area contributed by atoms with E-state index in [1.165, 1.54) is 40.7 Å². The van der Waals surface area contributed by atoms with E-state index in [2.05, 4.69) is 98.6 Å². The first-order valence-electron chi connectivity index (χ1n) is 14.4. The van der Waals surface area contributed by atoms with Crippen molar-refractivity contribution < 1.29 is 4.74 Å². The smallest absolute Gasteiger partial charge is 0.127 e. The minimum absolute atomic E-state index is 0. The fourth-order valence-corrected chi connectivity index (χ4v) is 6.58. The Kier molecular flexibility index (Phi) is 11.4. The number of rotatable bonds is 9. The Morgan fingerprint density at radius 1 is 0.900 bits per heavy atom. The highest BCUT2D eigenvalue weighted by Crippen LogP contribution is 2.44. The monoisotopic (exact) mass is 583 g/mol. The molecule has 0 bridgehead atoms. The first-order valence-corrected chi connectivity index (χ1v) is 14.4. The SMILES string of the molecule is Cc1c(C)c2c(c(C)c1N)CC(C)(CN1CCC(CNCCC(c3ccccc3)c3ccccc3)CC1)O2.Cl.Cl. The first-order chi connectivity index (χ1) is 18.3. The topological polar surface area (TPSA) is 50.5 Å². The number of nitrogens with zero attached hydrogens (tertiary/aromatic N) is 1. The third-order valence-electron chi connectivity index (χ3n) is 9.05. The van der Waals surface area contributed by atoms with E-state index in [1.54, 1.807) is 0 Å². The van der Waals surface area contributed by atoms with E-state index in [9.17, 15) is 0 Å². The van der Waals surface area contributed by atoms with Gasteiger partial charge in [-0.15, -0.1) is 24.8 Å². The predicted octanol–water partition coefficient (Wildman–Crippen LogP) is 7.26. The van der Waals surface area contributed by atoms with Crippen LogP contribution < -0.4 is 15.8 Å². The van der Waals surface area contributed by atoms with Crippen molar-refractivity contribution in [1.82, 2.24) is 10.2 Å². The van der Waals surface area contributed by atoms with Gasteiger partial charge in [0.05, 0.1) is 0 Å². The van der Waals surface area contributed by atoms with Crippen molar-refractivity contribution in [2.45, 2.75) is 64.9 Å². The first kappa shape index (κ1) is 32.3. The Bertz CT molecular complexity index is 1150. The average Bonchev–Trinajstić information content (AvgIpc) is 3.30. The summed E-state index contributed by atoms with van der Waals surface area (Å²) in [7, 11) is 0. The third kappa shape index (κ3) is 7.15. The van der Waals surface area contributed by atoms with E-state index in [-0.39, 0.29) is 30.4 Å². The van der Waals surface area contributed by atoms with E-state index < -0.39 is 0 Å². The van der Waals surface area contributed by atoms with Crippen LogP contribution in [-0.4, -0.2) is 43.2 Å². The molecule has 0 radical (unpaired) electrons. The number of fused-ring (bicyclic) bond motifs is 1. The fraction of sp³-hybridized carbons (Fsp3) is 0.471. The largest absolute Gasteiger partial charge is 0.485 e. The lowest BCUT2D eigenvalue weighted by molar-refractivity contribution is 0.0474. The quantitative estimate of drug-likeness (QED) is 0.205. The number of ether oxygens (including phenoxy) is 1. The van der Waals surface area contributed by atoms with Crippen molar-refractivity contribution in [3.63, 3.8) is 0 Å². The molecule has 1 unspecified atom stereocenters. The van der Waals surface area contributed by atoms with Crippen molar-refractivity contribution in [3.8, 4) is 5.75 Å². The standard InChI is InChI=1S/C34H45N3O.2ClH/c1-24-25(2)33-31(26(3)32(24)35)21-34(4,38-33)23-37-19-16-27(17-20-37)22-36-18-15-30(28-11-7-5-8-12-28)29-13-9-6-10-14-29;;/h5-14,27,30,36H,15-23,35H2,1-4H3;2*1H. The highest BCUT2D eigenvalue weighted by atomic mass is 35.5. The van der Waals surface area contributed by atoms with E-state index >= 15 is 0 Å². The van der Waals surface area contributed by atoms with Gasteiger partial charge in [0.15, 0.2) is 0 Å². The van der Waals surface area contributed by atoms with Crippen LogP contribution in [0.25, 0.3) is 0 Å². The summed E-state index contributed by atoms with van der Waals surface area (Å²) in [5, 5.41) is 3.80. The number of benzene rings is 3. The zero-order valence-corrected chi connectivity index (χ0v) is 26.2. The number of nitrogens with one attached hydrogen (secondary N) is 1. The fourth-order valence-electron chi connectivity index (χ4n) is 6.58. The van der Waals surface area contributed by atoms with E-state index in [0.717, 1.165) is 68.5 Å². The van der Waals surface area contributed by atoms with Gasteiger partial charge in [-0.25, -0.2) is 0 Å². The minimum Gasteiger partial charge on any atom is -0.485 e. The maximum atomic E-state index is 6.64. The molecule has 2 aliphatic heterocycles. The predicted molar refractivity (Wildman–Crippen MR) is 174 cm³/mol. The zero-order valence-electron chi connectivity index (χ0n) is 24.5. The van der Waals surface area contributed by atoms with Gasteiger partial charge in [0.2, 0.25) is 0 Å². The molecular weight excluding hydrogens is 537 g/mol. The van der Waals surface area contributed by atoms with Gasteiger partial charge >= 0.3 is 0 Å². The molecule has 3 aromatic rings. The summed E-state index contributed by atoms with van der Waals surface area (Å²) in [5.74, 6) is 2.27. The highest BCUT2D eigenvalue weighted by molar-refractivity contribution is 5.85. The molecule has 1 fully saturated rings. The van der Waals surface area contributed by atoms with Crippen LogP contribution in [0.5, 0.6) is 5.75 Å². The molecule has 0 amide bonds. The molecule has 40 heavy (non-hydrogen) atoms. The molecule has 2 heterocycles. The van der Waals surface area contributed by atoms with Crippen molar-refractivity contribution >= 4 is 30.5 Å². The summed E-state index contributed by atoms with van der Waals surface area (Å²) in [6.45, 7) is 14.1. The molecule has 6 heteroatoms. The van der Waals surface area contributed by atoms with Gasteiger partial charge in [0, 0.05) is 30.1 Å². The Morgan fingerprint density at radius 3 is 2.05 bits per heavy atom. The van der Waals surface area contributed by atoms with E-state index in [1.807, 2.05) is 0 Å². The second kappa shape index (κ2) is 14.1. The molecule has 3 N–H and O–H groups in total. The summed E-state index contributed by atoms with van der Waals surface area (Å²) >= 11 is 0. The van der Waals surface area contributed by atoms with Crippen LogP contribution in [0, 0.1) is 26.7 Å². The lowest BCUT2D eigenvalue weighted by Crippen LogP contribution is -2.48. The summed E-state index contributed by atoms with van der Waals surface area (Å²) in [6.07, 6.45) is 4.57. The van der Waals surface area contributed by atoms with Crippen LogP contribution in [-0.2, 0) is 6.42 Å². The molecule has 1 atom stereocenters. The van der Waals surface area contributed by atoms with Gasteiger partial charge in [-0.2, -0.15) is 0 Å². The van der Waals surface area contributed by atoms with Crippen LogP contribution in [0.1, 0.15) is 65.5 Å². The summed E-state index contributed by atoms with van der Waals surface area (Å²) in [4.78, 5) is 2.62. The molecule has 218 valence electrons. The molecule has 0 aromatic heterocycles. The maximum Gasteiger partial charge on any atom is 0.127 e. The molecule has 1 saturated heterocycles. The Morgan fingerprint density at radius 2 is 1.48 bits per heavy atom. The van der Waals surface area contributed by atoms with Crippen molar-refractivity contribution in [1.29, 1.82) is 0 Å². The average molecular weight is 585 g/mol. The molecule has 0 spiro atoms. The van der Waals surface area contributed by atoms with Gasteiger partial charge in [-0.1, -0.05) is 60.7 Å². The van der Waals surface area contributed by atoms with Crippen LogP contribution in [0.4, 0.5) is 5.69 Å².